The van der Waals surface area contributed by atoms with Crippen molar-refractivity contribution in [3.63, 3.8) is 0 Å². The zero-order valence-electron chi connectivity index (χ0n) is 8.91. The molecule has 1 aromatic rings. The van der Waals surface area contributed by atoms with Crippen LogP contribution in [0.5, 0.6) is 11.5 Å². The summed E-state index contributed by atoms with van der Waals surface area (Å²) >= 11 is 0. The van der Waals surface area contributed by atoms with E-state index in [1.807, 2.05) is 0 Å². The minimum atomic E-state index is -1.06. The normalized spacial score (nSPS) is 12.8. The Morgan fingerprint density at radius 3 is 2.19 bits per heavy atom. The maximum Gasteiger partial charge on any atom is 0.279 e. The number of rotatable bonds is 3. The lowest BCUT2D eigenvalue weighted by atomic mass is 9.97. The van der Waals surface area contributed by atoms with Gasteiger partial charge >= 0.3 is 0 Å². The first kappa shape index (κ1) is 12.3. The number of aromatic hydroxyl groups is 2. The number of hydrogen-bond donors (Lipinski definition) is 3. The Hall–Kier alpha value is -1.82. The molecule has 3 N–H and O–H groups in total. The molecule has 0 bridgehead atoms. The van der Waals surface area contributed by atoms with E-state index in [1.165, 1.54) is 0 Å². The van der Waals surface area contributed by atoms with Gasteiger partial charge in [0.2, 0.25) is 0 Å². The molecule has 0 aliphatic rings. The van der Waals surface area contributed by atoms with Crippen molar-refractivity contribution >= 4 is 5.69 Å². The molecule has 88 valence electrons. The summed E-state index contributed by atoms with van der Waals surface area (Å²) in [5, 5.41) is 38.9. The third-order valence-corrected chi connectivity index (χ3v) is 2.27. The van der Waals surface area contributed by atoms with Gasteiger partial charge in [-0.1, -0.05) is 13.8 Å². The molecular formula is C10H13NO5. The molecule has 1 unspecified atom stereocenters. The fraction of sp³-hybridized carbons (Fsp3) is 0.400. The standard InChI is InChI=1S/C10H13NO5/c1-5(2)10(14)6-3-8(12)9(13)4-7(6)11(15)16/h3-5,10,12-14H,1-2H3. The zero-order valence-corrected chi connectivity index (χ0v) is 8.91. The van der Waals surface area contributed by atoms with Crippen molar-refractivity contribution < 1.29 is 20.2 Å². The summed E-state index contributed by atoms with van der Waals surface area (Å²) in [7, 11) is 0. The monoisotopic (exact) mass is 227 g/mol. The molecule has 0 radical (unpaired) electrons. The highest BCUT2D eigenvalue weighted by Crippen LogP contribution is 2.37. The molecule has 0 spiro atoms. The number of nitrogens with zero attached hydrogens (tertiary/aromatic N) is 1. The van der Waals surface area contributed by atoms with Crippen molar-refractivity contribution in [2.75, 3.05) is 0 Å². The highest BCUT2D eigenvalue weighted by molar-refractivity contribution is 5.53. The van der Waals surface area contributed by atoms with Crippen molar-refractivity contribution in [2.24, 2.45) is 5.92 Å². The van der Waals surface area contributed by atoms with Crippen molar-refractivity contribution in [1.82, 2.24) is 0 Å². The van der Waals surface area contributed by atoms with Gasteiger partial charge in [-0.2, -0.15) is 0 Å². The van der Waals surface area contributed by atoms with Crippen molar-refractivity contribution in [3.8, 4) is 11.5 Å². The van der Waals surface area contributed by atoms with Crippen LogP contribution < -0.4 is 0 Å². The molecule has 0 aliphatic carbocycles. The lowest BCUT2D eigenvalue weighted by Crippen LogP contribution is -2.08. The summed E-state index contributed by atoms with van der Waals surface area (Å²) in [6.45, 7) is 3.39. The van der Waals surface area contributed by atoms with Gasteiger partial charge in [-0.05, 0) is 12.0 Å². The van der Waals surface area contributed by atoms with Crippen LogP contribution in [0.15, 0.2) is 12.1 Å². The van der Waals surface area contributed by atoms with Gasteiger partial charge in [-0.3, -0.25) is 10.1 Å². The lowest BCUT2D eigenvalue weighted by Gasteiger charge is -2.15. The first-order valence-electron chi connectivity index (χ1n) is 4.73. The second-order valence-electron chi connectivity index (χ2n) is 3.85. The number of nitro groups is 1. The molecule has 1 atom stereocenters. The number of aliphatic hydroxyl groups is 1. The highest BCUT2D eigenvalue weighted by Gasteiger charge is 2.25. The van der Waals surface area contributed by atoms with Gasteiger partial charge in [-0.25, -0.2) is 0 Å². The Bertz CT molecular complexity index is 416. The fourth-order valence-electron chi connectivity index (χ4n) is 1.34. The third kappa shape index (κ3) is 2.22. The van der Waals surface area contributed by atoms with Gasteiger partial charge in [0, 0.05) is 0 Å². The SMILES string of the molecule is CC(C)C(O)c1cc(O)c(O)cc1[N+](=O)[O-]. The second-order valence-corrected chi connectivity index (χ2v) is 3.85. The van der Waals surface area contributed by atoms with Crippen molar-refractivity contribution in [1.29, 1.82) is 0 Å². The van der Waals surface area contributed by atoms with Gasteiger partial charge in [0.05, 0.1) is 22.7 Å². The van der Waals surface area contributed by atoms with E-state index in [4.69, 9.17) is 5.11 Å². The number of benzene rings is 1. The average molecular weight is 227 g/mol. The van der Waals surface area contributed by atoms with Crippen LogP contribution >= 0.6 is 0 Å². The summed E-state index contributed by atoms with van der Waals surface area (Å²) in [6, 6.07) is 1.84. The van der Waals surface area contributed by atoms with E-state index in [2.05, 4.69) is 0 Å². The molecule has 0 saturated carbocycles. The first-order chi connectivity index (χ1) is 7.34. The average Bonchev–Trinajstić information content (AvgIpc) is 2.19. The van der Waals surface area contributed by atoms with E-state index in [0.717, 1.165) is 12.1 Å². The molecule has 0 amide bonds. The van der Waals surface area contributed by atoms with E-state index >= 15 is 0 Å². The van der Waals surface area contributed by atoms with Gasteiger partial charge < -0.3 is 15.3 Å². The Kier molecular flexibility index (Phi) is 3.34. The van der Waals surface area contributed by atoms with Gasteiger partial charge in [0.25, 0.3) is 5.69 Å². The maximum atomic E-state index is 10.7. The van der Waals surface area contributed by atoms with E-state index in [1.54, 1.807) is 13.8 Å². The lowest BCUT2D eigenvalue weighted by molar-refractivity contribution is -0.386. The quantitative estimate of drug-likeness (QED) is 0.414. The van der Waals surface area contributed by atoms with Crippen LogP contribution in [0.2, 0.25) is 0 Å². The van der Waals surface area contributed by atoms with Crippen LogP contribution in [0.4, 0.5) is 5.69 Å². The summed E-state index contributed by atoms with van der Waals surface area (Å²) in [6.07, 6.45) is -1.06. The summed E-state index contributed by atoms with van der Waals surface area (Å²) in [4.78, 5) is 10.0. The van der Waals surface area contributed by atoms with Crippen molar-refractivity contribution in [2.45, 2.75) is 20.0 Å². The number of nitro benzene ring substituents is 1. The number of phenolic OH excluding ortho intramolecular Hbond substituents is 2. The van der Waals surface area contributed by atoms with E-state index in [0.29, 0.717) is 0 Å². The maximum absolute atomic E-state index is 10.7. The third-order valence-electron chi connectivity index (χ3n) is 2.27. The van der Waals surface area contributed by atoms with E-state index < -0.39 is 28.2 Å². The predicted molar refractivity (Wildman–Crippen MR) is 56.2 cm³/mol. The molecule has 0 aliphatic heterocycles. The second kappa shape index (κ2) is 4.36. The number of aliphatic hydroxyl groups excluding tert-OH is 1. The molecule has 0 heterocycles. The largest absolute Gasteiger partial charge is 0.504 e. The van der Waals surface area contributed by atoms with Crippen LogP contribution in [0.1, 0.15) is 25.5 Å². The molecule has 0 fully saturated rings. The highest BCUT2D eigenvalue weighted by atomic mass is 16.6. The molecule has 1 rings (SSSR count). The van der Waals surface area contributed by atoms with Crippen LogP contribution in [-0.4, -0.2) is 20.2 Å². The minimum absolute atomic E-state index is 0.00435. The van der Waals surface area contributed by atoms with E-state index in [-0.39, 0.29) is 11.5 Å². The Morgan fingerprint density at radius 1 is 1.25 bits per heavy atom. The Labute approximate surface area is 91.9 Å². The number of phenols is 2. The van der Waals surface area contributed by atoms with Gasteiger partial charge in [-0.15, -0.1) is 0 Å². The van der Waals surface area contributed by atoms with Crippen LogP contribution in [0.3, 0.4) is 0 Å². The minimum Gasteiger partial charge on any atom is -0.504 e. The van der Waals surface area contributed by atoms with Gasteiger partial charge in [0.1, 0.15) is 0 Å². The van der Waals surface area contributed by atoms with Gasteiger partial charge in [0.15, 0.2) is 11.5 Å². The summed E-state index contributed by atoms with van der Waals surface area (Å²) < 4.78 is 0. The van der Waals surface area contributed by atoms with Crippen molar-refractivity contribution in [3.05, 3.63) is 27.8 Å². The Morgan fingerprint density at radius 2 is 1.75 bits per heavy atom. The van der Waals surface area contributed by atoms with E-state index in [9.17, 15) is 20.3 Å². The molecule has 0 saturated heterocycles. The molecule has 16 heavy (non-hydrogen) atoms. The molecule has 1 aromatic carbocycles. The topological polar surface area (TPSA) is 104 Å². The first-order valence-corrected chi connectivity index (χ1v) is 4.73. The predicted octanol–water partition coefficient (Wildman–Crippen LogP) is 1.70. The summed E-state index contributed by atoms with van der Waals surface area (Å²) in [5.74, 6) is -1.30. The Balaban J connectivity index is 3.36. The zero-order chi connectivity index (χ0) is 12.5. The number of hydrogen-bond acceptors (Lipinski definition) is 5. The van der Waals surface area contributed by atoms with Crippen LogP contribution in [0.25, 0.3) is 0 Å². The van der Waals surface area contributed by atoms with Crippen LogP contribution in [-0.2, 0) is 0 Å². The molecular weight excluding hydrogens is 214 g/mol. The van der Waals surface area contributed by atoms with Crippen LogP contribution in [0, 0.1) is 16.0 Å². The fourth-order valence-corrected chi connectivity index (χ4v) is 1.34. The molecule has 6 nitrogen and oxygen atoms in total. The smallest absolute Gasteiger partial charge is 0.279 e. The molecule has 6 heteroatoms. The molecule has 0 aromatic heterocycles. The summed E-state index contributed by atoms with van der Waals surface area (Å²) in [5.41, 5.74) is -0.410.